The van der Waals surface area contributed by atoms with Gasteiger partial charge in [0.25, 0.3) is 0 Å². The molecule has 1 aliphatic carbocycles. The molecule has 1 fully saturated rings. The largest absolute Gasteiger partial charge is 0.573 e. The molecule has 0 radical (unpaired) electrons. The van der Waals surface area contributed by atoms with Gasteiger partial charge in [-0.2, -0.15) is 4.98 Å². The van der Waals surface area contributed by atoms with E-state index in [1.807, 2.05) is 0 Å². The molecule has 1 saturated carbocycles. The lowest BCUT2D eigenvalue weighted by molar-refractivity contribution is -0.274. The molecule has 0 spiro atoms. The van der Waals surface area contributed by atoms with Gasteiger partial charge in [-0.15, -0.1) is 13.2 Å². The van der Waals surface area contributed by atoms with Crippen molar-refractivity contribution in [3.63, 3.8) is 0 Å². The number of alkyl halides is 3. The van der Waals surface area contributed by atoms with Crippen LogP contribution in [0.4, 0.5) is 30.4 Å². The summed E-state index contributed by atoms with van der Waals surface area (Å²) < 4.78 is 46.3. The summed E-state index contributed by atoms with van der Waals surface area (Å²) in [7, 11) is 0. The Labute approximate surface area is 148 Å². The van der Waals surface area contributed by atoms with Crippen LogP contribution in [-0.4, -0.2) is 22.4 Å². The number of nitrogen functional groups attached to an aromatic ring is 1. The Morgan fingerprint density at radius 1 is 1.04 bits per heavy atom. The smallest absolute Gasteiger partial charge is 0.473 e. The van der Waals surface area contributed by atoms with Crippen LogP contribution >= 0.6 is 0 Å². The lowest BCUT2D eigenvalue weighted by atomic mass is 9.98. The number of rotatable bonds is 5. The molecule has 26 heavy (non-hydrogen) atoms. The highest BCUT2D eigenvalue weighted by Gasteiger charge is 2.31. The van der Waals surface area contributed by atoms with Crippen LogP contribution in [-0.2, 0) is 0 Å². The van der Waals surface area contributed by atoms with Gasteiger partial charge in [0.15, 0.2) is 5.82 Å². The van der Waals surface area contributed by atoms with Gasteiger partial charge in [-0.05, 0) is 49.9 Å². The van der Waals surface area contributed by atoms with E-state index in [4.69, 9.17) is 10.5 Å². The summed E-state index contributed by atoms with van der Waals surface area (Å²) in [5, 5.41) is 2.95. The van der Waals surface area contributed by atoms with Crippen LogP contribution in [0.1, 0.15) is 32.1 Å². The maximum Gasteiger partial charge on any atom is 0.573 e. The van der Waals surface area contributed by atoms with E-state index in [0.29, 0.717) is 17.4 Å². The molecule has 0 atom stereocenters. The van der Waals surface area contributed by atoms with Crippen molar-refractivity contribution in [1.82, 2.24) is 9.97 Å². The van der Waals surface area contributed by atoms with E-state index in [-0.39, 0.29) is 17.5 Å². The molecule has 140 valence electrons. The first-order chi connectivity index (χ1) is 12.4. The minimum atomic E-state index is -4.72. The summed E-state index contributed by atoms with van der Waals surface area (Å²) in [5.41, 5.74) is 6.84. The van der Waals surface area contributed by atoms with Gasteiger partial charge in [-0.3, -0.25) is 0 Å². The number of hydrogen-bond acceptors (Lipinski definition) is 6. The van der Waals surface area contributed by atoms with Crippen molar-refractivity contribution < 1.29 is 22.6 Å². The maximum absolute atomic E-state index is 12.2. The minimum Gasteiger partial charge on any atom is -0.473 e. The average molecular weight is 368 g/mol. The molecule has 0 bridgehead atoms. The maximum atomic E-state index is 12.2. The number of nitrogens with two attached hydrogens (primary N) is 1. The molecule has 0 amide bonds. The summed E-state index contributed by atoms with van der Waals surface area (Å²) in [6, 6.07) is 5.27. The summed E-state index contributed by atoms with van der Waals surface area (Å²) in [4.78, 5) is 8.16. The molecule has 0 unspecified atom stereocenters. The number of ether oxygens (including phenoxy) is 2. The van der Waals surface area contributed by atoms with E-state index in [9.17, 15) is 13.2 Å². The molecule has 2 aromatic rings. The molecule has 3 rings (SSSR count). The fourth-order valence-corrected chi connectivity index (χ4v) is 2.79. The molecular weight excluding hydrogens is 349 g/mol. The van der Waals surface area contributed by atoms with Crippen LogP contribution in [0.3, 0.4) is 0 Å². The molecule has 1 heterocycles. The first-order valence-corrected chi connectivity index (χ1v) is 8.31. The van der Waals surface area contributed by atoms with Gasteiger partial charge in [0, 0.05) is 5.69 Å². The lowest BCUT2D eigenvalue weighted by Gasteiger charge is -2.23. The summed E-state index contributed by atoms with van der Waals surface area (Å²) in [5.74, 6) is 0.335. The first kappa shape index (κ1) is 18.1. The highest BCUT2D eigenvalue weighted by Crippen LogP contribution is 2.31. The van der Waals surface area contributed by atoms with Crippen LogP contribution in [0.15, 0.2) is 30.6 Å². The quantitative estimate of drug-likeness (QED) is 0.813. The van der Waals surface area contributed by atoms with Gasteiger partial charge in [0.1, 0.15) is 23.9 Å². The van der Waals surface area contributed by atoms with Gasteiger partial charge < -0.3 is 20.5 Å². The molecule has 1 aliphatic rings. The van der Waals surface area contributed by atoms with E-state index in [1.165, 1.54) is 37.0 Å². The molecule has 9 heteroatoms. The van der Waals surface area contributed by atoms with Crippen LogP contribution in [0.2, 0.25) is 0 Å². The second-order valence-corrected chi connectivity index (χ2v) is 6.02. The number of halogens is 3. The Kier molecular flexibility index (Phi) is 5.34. The van der Waals surface area contributed by atoms with Crippen LogP contribution in [0.25, 0.3) is 0 Å². The molecular formula is C17H19F3N4O2. The fourth-order valence-electron chi connectivity index (χ4n) is 2.79. The predicted octanol–water partition coefficient (Wildman–Crippen LogP) is 4.41. The predicted molar refractivity (Wildman–Crippen MR) is 90.4 cm³/mol. The van der Waals surface area contributed by atoms with Gasteiger partial charge in [0.05, 0.1) is 0 Å². The Bertz CT molecular complexity index is 732. The standard InChI is InChI=1S/C17H19F3N4O2/c18-17(19,20)26-13-8-6-11(7-9-13)24-15-14(21)16(23-10-22-15)25-12-4-2-1-3-5-12/h6-10,12H,1-5,21H2,(H,22,23,24). The second-order valence-electron chi connectivity index (χ2n) is 6.02. The third kappa shape index (κ3) is 4.90. The van der Waals surface area contributed by atoms with Gasteiger partial charge in [0.2, 0.25) is 5.88 Å². The van der Waals surface area contributed by atoms with E-state index in [0.717, 1.165) is 25.7 Å². The number of aromatic nitrogens is 2. The highest BCUT2D eigenvalue weighted by atomic mass is 19.4. The van der Waals surface area contributed by atoms with E-state index in [1.54, 1.807) is 0 Å². The third-order valence-corrected chi connectivity index (χ3v) is 4.03. The van der Waals surface area contributed by atoms with Crippen molar-refractivity contribution in [3.8, 4) is 11.6 Å². The minimum absolute atomic E-state index is 0.0904. The number of anilines is 3. The van der Waals surface area contributed by atoms with Crippen LogP contribution in [0.5, 0.6) is 11.6 Å². The van der Waals surface area contributed by atoms with Crippen LogP contribution < -0.4 is 20.5 Å². The normalized spacial score (nSPS) is 15.5. The van der Waals surface area contributed by atoms with Crippen molar-refractivity contribution in [2.45, 2.75) is 44.6 Å². The molecule has 0 saturated heterocycles. The Balaban J connectivity index is 1.68. The van der Waals surface area contributed by atoms with Crippen molar-refractivity contribution in [3.05, 3.63) is 30.6 Å². The molecule has 1 aromatic heterocycles. The van der Waals surface area contributed by atoms with Crippen molar-refractivity contribution in [2.75, 3.05) is 11.1 Å². The second kappa shape index (κ2) is 7.67. The van der Waals surface area contributed by atoms with Crippen molar-refractivity contribution >= 4 is 17.2 Å². The number of hydrogen-bond donors (Lipinski definition) is 2. The summed E-state index contributed by atoms with van der Waals surface area (Å²) in [6.45, 7) is 0. The Morgan fingerprint density at radius 2 is 1.73 bits per heavy atom. The lowest BCUT2D eigenvalue weighted by Crippen LogP contribution is -2.21. The third-order valence-electron chi connectivity index (χ3n) is 4.03. The van der Waals surface area contributed by atoms with Crippen molar-refractivity contribution in [2.24, 2.45) is 0 Å². The molecule has 1 aromatic carbocycles. The van der Waals surface area contributed by atoms with E-state index >= 15 is 0 Å². The van der Waals surface area contributed by atoms with E-state index < -0.39 is 6.36 Å². The number of benzene rings is 1. The number of nitrogens with zero attached hydrogens (tertiary/aromatic N) is 2. The van der Waals surface area contributed by atoms with Crippen LogP contribution in [0, 0.1) is 0 Å². The topological polar surface area (TPSA) is 82.3 Å². The SMILES string of the molecule is Nc1c(Nc2ccc(OC(F)(F)F)cc2)ncnc1OC1CCCCC1. The zero-order valence-corrected chi connectivity index (χ0v) is 13.9. The zero-order chi connectivity index (χ0) is 18.6. The fraction of sp³-hybridized carbons (Fsp3) is 0.412. The summed E-state index contributed by atoms with van der Waals surface area (Å²) >= 11 is 0. The van der Waals surface area contributed by atoms with Crippen molar-refractivity contribution in [1.29, 1.82) is 0 Å². The van der Waals surface area contributed by atoms with Gasteiger partial charge in [-0.1, -0.05) is 6.42 Å². The molecule has 0 aliphatic heterocycles. The average Bonchev–Trinajstić information content (AvgIpc) is 2.60. The molecule has 3 N–H and O–H groups in total. The van der Waals surface area contributed by atoms with E-state index in [2.05, 4.69) is 20.0 Å². The van der Waals surface area contributed by atoms with Gasteiger partial charge in [-0.25, -0.2) is 4.98 Å². The monoisotopic (exact) mass is 368 g/mol. The first-order valence-electron chi connectivity index (χ1n) is 8.31. The Morgan fingerprint density at radius 3 is 2.38 bits per heavy atom. The summed E-state index contributed by atoms with van der Waals surface area (Å²) in [6.07, 6.45) is 2.07. The number of nitrogens with one attached hydrogen (secondary N) is 1. The zero-order valence-electron chi connectivity index (χ0n) is 13.9. The Hall–Kier alpha value is -2.71. The molecule has 6 nitrogen and oxygen atoms in total. The van der Waals surface area contributed by atoms with Gasteiger partial charge >= 0.3 is 6.36 Å². The highest BCUT2D eigenvalue weighted by molar-refractivity contribution is 5.72.